The molecule has 0 amide bonds. The molecule has 6 nitrogen and oxygen atoms in total. The number of aliphatic carboxylic acids is 1. The Kier molecular flexibility index (Phi) is 4.05. The number of carbonyl (C=O) groups is 2. The van der Waals surface area contributed by atoms with Gasteiger partial charge in [0.15, 0.2) is 11.5 Å². The first kappa shape index (κ1) is 14.1. The summed E-state index contributed by atoms with van der Waals surface area (Å²) in [6, 6.07) is 6.84. The number of fused-ring (bicyclic) bond motifs is 1. The van der Waals surface area contributed by atoms with E-state index in [1.54, 1.807) is 24.3 Å². The number of para-hydroxylation sites is 2. The van der Waals surface area contributed by atoms with Gasteiger partial charge in [0, 0.05) is 0 Å². The van der Waals surface area contributed by atoms with Crippen molar-refractivity contribution in [1.29, 1.82) is 0 Å². The number of benzene rings is 1. The summed E-state index contributed by atoms with van der Waals surface area (Å²) in [4.78, 5) is 22.6. The molecule has 0 saturated carbocycles. The van der Waals surface area contributed by atoms with Crippen molar-refractivity contribution in [3.63, 3.8) is 0 Å². The van der Waals surface area contributed by atoms with Gasteiger partial charge in [-0.15, -0.1) is 0 Å². The fraction of sp³-hybridized carbons (Fsp3) is 0.286. The number of Topliss-reactive ketones (excluding diaryl/α,β-unsaturated/α-hetero) is 1. The van der Waals surface area contributed by atoms with Gasteiger partial charge in [-0.25, -0.2) is 0 Å². The molecule has 1 aromatic carbocycles. The van der Waals surface area contributed by atoms with Crippen molar-refractivity contribution in [2.45, 2.75) is 6.92 Å². The molecule has 1 aromatic rings. The van der Waals surface area contributed by atoms with Gasteiger partial charge in [-0.3, -0.25) is 9.59 Å². The van der Waals surface area contributed by atoms with E-state index < -0.39 is 30.2 Å². The highest BCUT2D eigenvalue weighted by molar-refractivity contribution is 5.97. The number of carboxylic acid groups (broad SMARTS) is 1. The smallest absolute Gasteiger partial charge is 0.314 e. The average molecular weight is 278 g/mol. The van der Waals surface area contributed by atoms with Gasteiger partial charge in [-0.2, -0.15) is 0 Å². The zero-order chi connectivity index (χ0) is 14.7. The highest BCUT2D eigenvalue weighted by atomic mass is 16.6. The third kappa shape index (κ3) is 2.65. The molecule has 20 heavy (non-hydrogen) atoms. The standard InChI is InChI=1S/C14H14O6/c1-8(16)13(14(17)18)9(6-15)12-7-19-10-4-2-3-5-11(10)20-12/h2-5,7,9,13,15H,6H2,1H3,(H,17,18). The second-order valence-electron chi connectivity index (χ2n) is 4.40. The summed E-state index contributed by atoms with van der Waals surface area (Å²) in [7, 11) is 0. The molecule has 0 saturated heterocycles. The first-order valence-electron chi connectivity index (χ1n) is 6.02. The van der Waals surface area contributed by atoms with E-state index in [9.17, 15) is 14.7 Å². The lowest BCUT2D eigenvalue weighted by Crippen LogP contribution is -2.35. The van der Waals surface area contributed by atoms with E-state index in [0.29, 0.717) is 11.5 Å². The van der Waals surface area contributed by atoms with Crippen LogP contribution in [0.1, 0.15) is 6.92 Å². The summed E-state index contributed by atoms with van der Waals surface area (Å²) in [6.45, 7) is 0.632. The average Bonchev–Trinajstić information content (AvgIpc) is 2.43. The number of carbonyl (C=O) groups excluding carboxylic acids is 1. The molecule has 2 atom stereocenters. The van der Waals surface area contributed by atoms with E-state index in [1.165, 1.54) is 13.2 Å². The summed E-state index contributed by atoms with van der Waals surface area (Å²) in [5.74, 6) is -3.20. The summed E-state index contributed by atoms with van der Waals surface area (Å²) in [6.07, 6.45) is 1.22. The van der Waals surface area contributed by atoms with Crippen LogP contribution < -0.4 is 9.47 Å². The lowest BCUT2D eigenvalue weighted by molar-refractivity contribution is -0.148. The summed E-state index contributed by atoms with van der Waals surface area (Å²) < 4.78 is 10.9. The molecule has 2 unspecified atom stereocenters. The normalized spacial score (nSPS) is 16.0. The van der Waals surface area contributed by atoms with E-state index in [4.69, 9.17) is 14.6 Å². The van der Waals surface area contributed by atoms with E-state index in [-0.39, 0.29) is 5.76 Å². The number of hydrogen-bond acceptors (Lipinski definition) is 5. The monoisotopic (exact) mass is 278 g/mol. The maximum Gasteiger partial charge on any atom is 0.314 e. The first-order valence-corrected chi connectivity index (χ1v) is 6.02. The van der Waals surface area contributed by atoms with Crippen molar-refractivity contribution < 1.29 is 29.3 Å². The molecular formula is C14H14O6. The van der Waals surface area contributed by atoms with Crippen LogP contribution in [-0.2, 0) is 9.59 Å². The van der Waals surface area contributed by atoms with Crippen LogP contribution in [-0.4, -0.2) is 28.6 Å². The Morgan fingerprint density at radius 3 is 2.45 bits per heavy atom. The third-order valence-corrected chi connectivity index (χ3v) is 3.05. The Balaban J connectivity index is 2.28. The maximum absolute atomic E-state index is 11.5. The van der Waals surface area contributed by atoms with Crippen LogP contribution in [0, 0.1) is 11.8 Å². The summed E-state index contributed by atoms with van der Waals surface area (Å²) in [5, 5.41) is 18.5. The van der Waals surface area contributed by atoms with Crippen LogP contribution >= 0.6 is 0 Å². The highest BCUT2D eigenvalue weighted by Gasteiger charge is 2.37. The van der Waals surface area contributed by atoms with Gasteiger partial charge < -0.3 is 19.7 Å². The summed E-state index contributed by atoms with van der Waals surface area (Å²) in [5.41, 5.74) is 0. The zero-order valence-corrected chi connectivity index (χ0v) is 10.8. The van der Waals surface area contributed by atoms with Crippen LogP contribution in [0.3, 0.4) is 0 Å². The Morgan fingerprint density at radius 2 is 1.90 bits per heavy atom. The molecule has 1 heterocycles. The van der Waals surface area contributed by atoms with Crippen molar-refractivity contribution in [3.8, 4) is 11.5 Å². The highest BCUT2D eigenvalue weighted by Crippen LogP contribution is 2.35. The Bertz CT molecular complexity index is 549. The van der Waals surface area contributed by atoms with E-state index in [1.807, 2.05) is 0 Å². The zero-order valence-electron chi connectivity index (χ0n) is 10.8. The van der Waals surface area contributed by atoms with Gasteiger partial charge in [-0.05, 0) is 19.1 Å². The van der Waals surface area contributed by atoms with Gasteiger partial charge in [0.1, 0.15) is 23.7 Å². The topological polar surface area (TPSA) is 93.1 Å². The molecule has 2 rings (SSSR count). The molecule has 0 bridgehead atoms. The quantitative estimate of drug-likeness (QED) is 0.786. The predicted octanol–water partition coefficient (Wildman–Crippen LogP) is 1.20. The Labute approximate surface area is 115 Å². The molecule has 0 aromatic heterocycles. The van der Waals surface area contributed by atoms with Gasteiger partial charge >= 0.3 is 5.97 Å². The van der Waals surface area contributed by atoms with Crippen molar-refractivity contribution in [2.24, 2.45) is 11.8 Å². The van der Waals surface area contributed by atoms with Crippen molar-refractivity contribution in [2.75, 3.05) is 6.61 Å². The fourth-order valence-electron chi connectivity index (χ4n) is 2.06. The number of hydrogen-bond donors (Lipinski definition) is 2. The van der Waals surface area contributed by atoms with Crippen LogP contribution in [0.25, 0.3) is 0 Å². The number of ketones is 1. The van der Waals surface area contributed by atoms with Crippen molar-refractivity contribution in [3.05, 3.63) is 36.3 Å². The summed E-state index contributed by atoms with van der Waals surface area (Å²) >= 11 is 0. The van der Waals surface area contributed by atoms with Crippen LogP contribution in [0.4, 0.5) is 0 Å². The number of carboxylic acids is 1. The van der Waals surface area contributed by atoms with Crippen molar-refractivity contribution in [1.82, 2.24) is 0 Å². The maximum atomic E-state index is 11.5. The second kappa shape index (κ2) is 5.75. The molecular weight excluding hydrogens is 264 g/mol. The van der Waals surface area contributed by atoms with Crippen LogP contribution in [0.15, 0.2) is 36.3 Å². The van der Waals surface area contributed by atoms with E-state index in [0.717, 1.165) is 0 Å². The SMILES string of the molecule is CC(=O)C(C(=O)O)C(CO)C1=COc2ccccc2O1. The number of rotatable bonds is 5. The molecule has 1 aliphatic rings. The third-order valence-electron chi connectivity index (χ3n) is 3.05. The van der Waals surface area contributed by atoms with E-state index in [2.05, 4.69) is 0 Å². The molecule has 0 spiro atoms. The Morgan fingerprint density at radius 1 is 1.25 bits per heavy atom. The fourth-order valence-corrected chi connectivity index (χ4v) is 2.06. The number of aliphatic hydroxyl groups is 1. The largest absolute Gasteiger partial charge is 0.481 e. The van der Waals surface area contributed by atoms with Crippen LogP contribution in [0.2, 0.25) is 0 Å². The number of aliphatic hydroxyl groups excluding tert-OH is 1. The van der Waals surface area contributed by atoms with Crippen molar-refractivity contribution >= 4 is 11.8 Å². The second-order valence-corrected chi connectivity index (χ2v) is 4.40. The Hall–Kier alpha value is -2.34. The minimum atomic E-state index is -1.37. The first-order chi connectivity index (χ1) is 9.54. The molecule has 2 N–H and O–H groups in total. The predicted molar refractivity (Wildman–Crippen MR) is 68.2 cm³/mol. The van der Waals surface area contributed by atoms with Gasteiger partial charge in [0.25, 0.3) is 0 Å². The van der Waals surface area contributed by atoms with Gasteiger partial charge in [0.05, 0.1) is 12.5 Å². The molecule has 1 aliphatic heterocycles. The molecule has 0 radical (unpaired) electrons. The lowest BCUT2D eigenvalue weighted by atomic mass is 9.88. The minimum absolute atomic E-state index is 0.119. The number of ether oxygens (including phenoxy) is 2. The van der Waals surface area contributed by atoms with Crippen LogP contribution in [0.5, 0.6) is 11.5 Å². The minimum Gasteiger partial charge on any atom is -0.481 e. The molecule has 0 aliphatic carbocycles. The molecule has 106 valence electrons. The lowest BCUT2D eigenvalue weighted by Gasteiger charge is -2.26. The van der Waals surface area contributed by atoms with Gasteiger partial charge in [0.2, 0.25) is 0 Å². The van der Waals surface area contributed by atoms with E-state index >= 15 is 0 Å². The van der Waals surface area contributed by atoms with Gasteiger partial charge in [-0.1, -0.05) is 12.1 Å². The molecule has 6 heteroatoms. The molecule has 0 fully saturated rings.